The Morgan fingerprint density at radius 3 is 1.80 bits per heavy atom. The number of nitrogens with one attached hydrogen (secondary N) is 2. The molecule has 272 valence electrons. The Bertz CT molecular complexity index is 2340. The lowest BCUT2D eigenvalue weighted by molar-refractivity contribution is 0.0655. The summed E-state index contributed by atoms with van der Waals surface area (Å²) in [5.74, 6) is 7.93. The van der Waals surface area contributed by atoms with Crippen molar-refractivity contribution in [1.29, 1.82) is 0 Å². The molecule has 2 aliphatic rings. The topological polar surface area (TPSA) is 116 Å². The number of amides is 2. The number of piperidine rings is 2. The highest BCUT2D eigenvalue weighted by atomic mass is 16.6. The Hall–Kier alpha value is -6.34. The van der Waals surface area contributed by atoms with Crippen LogP contribution in [0.5, 0.6) is 0 Å². The van der Waals surface area contributed by atoms with E-state index in [4.69, 9.17) is 19.4 Å². The summed E-state index contributed by atoms with van der Waals surface area (Å²) in [5.41, 5.74) is 7.22. The second-order valence-corrected chi connectivity index (χ2v) is 13.8. The predicted octanol–water partition coefficient (Wildman–Crippen LogP) is 9.23. The van der Waals surface area contributed by atoms with Gasteiger partial charge in [-0.2, -0.15) is 0 Å². The van der Waals surface area contributed by atoms with E-state index in [9.17, 15) is 9.59 Å². The van der Waals surface area contributed by atoms with Crippen molar-refractivity contribution in [1.82, 2.24) is 29.7 Å². The molecule has 2 saturated heterocycles. The second-order valence-electron chi connectivity index (χ2n) is 13.8. The molecule has 2 amide bonds. The highest BCUT2D eigenvalue weighted by Gasteiger charge is 2.32. The molecule has 4 heterocycles. The largest absolute Gasteiger partial charge is 0.445 e. The molecule has 0 aliphatic carbocycles. The summed E-state index contributed by atoms with van der Waals surface area (Å²) in [4.78, 5) is 46.5. The van der Waals surface area contributed by atoms with E-state index >= 15 is 0 Å². The van der Waals surface area contributed by atoms with E-state index in [0.29, 0.717) is 13.1 Å². The fraction of sp³-hybridized carbons (Fsp3) is 0.273. The molecule has 0 unspecified atom stereocenters. The van der Waals surface area contributed by atoms with Crippen LogP contribution in [0.25, 0.3) is 28.1 Å². The van der Waals surface area contributed by atoms with Crippen molar-refractivity contribution >= 4 is 40.3 Å². The molecule has 2 aliphatic heterocycles. The van der Waals surface area contributed by atoms with Gasteiger partial charge in [-0.05, 0) is 97.7 Å². The Kier molecular flexibility index (Phi) is 10.4. The SMILES string of the molecule is O=C(OCc1ccccc1)N1CCCC[C@H]1c1nc2cc(C#C/C=C/c3ccc4[nH]c([C@@H]5CCCCN5C(=O)OCc5ccccc5)nc4c3)ccc2[nH]1. The number of imidazole rings is 2. The van der Waals surface area contributed by atoms with Crippen molar-refractivity contribution in [3.05, 3.63) is 137 Å². The lowest BCUT2D eigenvalue weighted by Crippen LogP contribution is -2.39. The van der Waals surface area contributed by atoms with E-state index < -0.39 is 0 Å². The number of carbonyl (C=O) groups excluding carboxylic acids is 2. The third kappa shape index (κ3) is 8.01. The molecule has 6 aromatic rings. The number of ether oxygens (including phenoxy) is 2. The van der Waals surface area contributed by atoms with E-state index in [1.165, 1.54) is 0 Å². The maximum Gasteiger partial charge on any atom is 0.410 e. The maximum absolute atomic E-state index is 13.1. The van der Waals surface area contributed by atoms with Crippen LogP contribution in [-0.2, 0) is 22.7 Å². The van der Waals surface area contributed by atoms with E-state index in [-0.39, 0.29) is 37.5 Å². The first-order chi connectivity index (χ1) is 26.6. The normalized spacial score (nSPS) is 17.4. The van der Waals surface area contributed by atoms with Crippen molar-refractivity contribution in [2.45, 2.75) is 63.8 Å². The van der Waals surface area contributed by atoms with Gasteiger partial charge in [0.05, 0.1) is 34.2 Å². The molecule has 4 aromatic carbocycles. The number of hydrogen-bond donors (Lipinski definition) is 2. The minimum Gasteiger partial charge on any atom is -0.445 e. The summed E-state index contributed by atoms with van der Waals surface area (Å²) in [7, 11) is 0. The molecular weight excluding hydrogens is 677 g/mol. The molecular formula is C44H42N6O4. The molecule has 0 radical (unpaired) electrons. The van der Waals surface area contributed by atoms with Gasteiger partial charge in [0, 0.05) is 18.7 Å². The summed E-state index contributed by atoms with van der Waals surface area (Å²) in [5, 5.41) is 0. The standard InChI is InChI=1S/C44H42N6O4/c51-43(53-29-33-15-3-1-4-16-33)49-25-11-9-19-39(49)41-45-35-23-21-31(27-37(35)47-41)13-7-8-14-32-22-24-36-38(28-32)48-42(46-36)40-20-10-12-26-50(40)44(52)54-30-34-17-5-2-6-18-34/h1-7,13,15-18,21-24,27-28,39-40H,9-12,19-20,25-26,29-30H2,(H,45,47)(H,46,48)/b13-7+/t39-,40-/m0/s1. The summed E-state index contributed by atoms with van der Waals surface area (Å²) in [6.07, 6.45) is 8.75. The average Bonchev–Trinajstić information content (AvgIpc) is 3.85. The van der Waals surface area contributed by atoms with Crippen molar-refractivity contribution in [2.24, 2.45) is 0 Å². The summed E-state index contributed by atoms with van der Waals surface area (Å²) >= 11 is 0. The van der Waals surface area contributed by atoms with E-state index in [1.54, 1.807) is 9.80 Å². The average molecular weight is 719 g/mol. The van der Waals surface area contributed by atoms with Crippen LogP contribution in [0.15, 0.2) is 103 Å². The van der Waals surface area contributed by atoms with Gasteiger partial charge in [0.1, 0.15) is 24.9 Å². The van der Waals surface area contributed by atoms with Gasteiger partial charge in [-0.25, -0.2) is 19.6 Å². The van der Waals surface area contributed by atoms with Gasteiger partial charge in [-0.1, -0.05) is 78.6 Å². The summed E-state index contributed by atoms with van der Waals surface area (Å²) in [6.45, 7) is 1.76. The number of likely N-dealkylation sites (tertiary alicyclic amines) is 2. The predicted molar refractivity (Wildman–Crippen MR) is 208 cm³/mol. The minimum atomic E-state index is -0.318. The Balaban J connectivity index is 0.912. The maximum atomic E-state index is 13.1. The Morgan fingerprint density at radius 1 is 0.685 bits per heavy atom. The fourth-order valence-electron chi connectivity index (χ4n) is 7.30. The zero-order chi connectivity index (χ0) is 36.7. The van der Waals surface area contributed by atoms with Crippen LogP contribution in [-0.4, -0.2) is 55.0 Å². The monoisotopic (exact) mass is 718 g/mol. The molecule has 10 nitrogen and oxygen atoms in total. The number of benzene rings is 4. The number of aromatic amines is 2. The number of H-pyrrole nitrogens is 2. The molecule has 10 heteroatoms. The van der Waals surface area contributed by atoms with Gasteiger partial charge < -0.3 is 19.4 Å². The Labute approximate surface area is 314 Å². The fourth-order valence-corrected chi connectivity index (χ4v) is 7.30. The minimum absolute atomic E-state index is 0.162. The van der Waals surface area contributed by atoms with Gasteiger partial charge in [-0.3, -0.25) is 9.80 Å². The lowest BCUT2D eigenvalue weighted by Gasteiger charge is -2.33. The number of hydrogen-bond acceptors (Lipinski definition) is 6. The van der Waals surface area contributed by atoms with Crippen molar-refractivity contribution in [3.8, 4) is 11.8 Å². The number of rotatable bonds is 7. The van der Waals surface area contributed by atoms with Crippen molar-refractivity contribution in [3.63, 3.8) is 0 Å². The van der Waals surface area contributed by atoms with Gasteiger partial charge in [-0.15, -0.1) is 0 Å². The van der Waals surface area contributed by atoms with Gasteiger partial charge in [0.15, 0.2) is 0 Å². The quantitative estimate of drug-likeness (QED) is 0.159. The van der Waals surface area contributed by atoms with E-state index in [1.807, 2.05) is 109 Å². The molecule has 0 spiro atoms. The zero-order valence-corrected chi connectivity index (χ0v) is 30.0. The van der Waals surface area contributed by atoms with Crippen LogP contribution in [0.3, 0.4) is 0 Å². The van der Waals surface area contributed by atoms with Crippen LogP contribution in [0.1, 0.15) is 84.5 Å². The molecule has 2 N–H and O–H groups in total. The number of allylic oxidation sites excluding steroid dienone is 1. The van der Waals surface area contributed by atoms with Gasteiger partial charge in [0.2, 0.25) is 0 Å². The number of fused-ring (bicyclic) bond motifs is 2. The first-order valence-corrected chi connectivity index (χ1v) is 18.7. The van der Waals surface area contributed by atoms with Crippen LogP contribution in [0, 0.1) is 11.8 Å². The third-order valence-corrected chi connectivity index (χ3v) is 10.1. The first-order valence-electron chi connectivity index (χ1n) is 18.7. The summed E-state index contributed by atoms with van der Waals surface area (Å²) < 4.78 is 11.4. The van der Waals surface area contributed by atoms with Gasteiger partial charge in [0.25, 0.3) is 0 Å². The number of nitrogens with zero attached hydrogens (tertiary/aromatic N) is 4. The zero-order valence-electron chi connectivity index (χ0n) is 30.0. The number of carbonyl (C=O) groups is 2. The van der Waals surface area contributed by atoms with Crippen molar-refractivity contribution in [2.75, 3.05) is 13.1 Å². The van der Waals surface area contributed by atoms with E-state index in [0.717, 1.165) is 94.5 Å². The highest BCUT2D eigenvalue weighted by molar-refractivity contribution is 5.79. The molecule has 0 bridgehead atoms. The molecule has 2 aromatic heterocycles. The van der Waals surface area contributed by atoms with E-state index in [2.05, 4.69) is 21.8 Å². The molecule has 54 heavy (non-hydrogen) atoms. The van der Waals surface area contributed by atoms with Crippen LogP contribution >= 0.6 is 0 Å². The second kappa shape index (κ2) is 16.1. The lowest BCUT2D eigenvalue weighted by atomic mass is 10.0. The smallest absolute Gasteiger partial charge is 0.410 e. The van der Waals surface area contributed by atoms with Crippen LogP contribution in [0.4, 0.5) is 9.59 Å². The first kappa shape index (κ1) is 34.7. The molecule has 2 fully saturated rings. The van der Waals surface area contributed by atoms with Crippen LogP contribution in [0.2, 0.25) is 0 Å². The summed E-state index contributed by atoms with van der Waals surface area (Å²) in [6, 6.07) is 31.1. The molecule has 2 atom stereocenters. The Morgan fingerprint density at radius 2 is 1.22 bits per heavy atom. The molecule has 8 rings (SSSR count). The van der Waals surface area contributed by atoms with Crippen molar-refractivity contribution < 1.29 is 19.1 Å². The van der Waals surface area contributed by atoms with Crippen LogP contribution < -0.4 is 0 Å². The molecule has 0 saturated carbocycles. The van der Waals surface area contributed by atoms with Gasteiger partial charge >= 0.3 is 12.2 Å². The highest BCUT2D eigenvalue weighted by Crippen LogP contribution is 2.33. The number of aromatic nitrogens is 4. The third-order valence-electron chi connectivity index (χ3n) is 10.1.